The first kappa shape index (κ1) is 41.6. The number of phenols is 1. The number of carboxylic acid groups (broad SMARTS) is 2. The molecule has 11 N–H and O–H groups in total. The number of aromatic hydroxyl groups is 1. The maximum Gasteiger partial charge on any atom is 0.404 e. The molecular formula is C32H36N6O13S3. The van der Waals surface area contributed by atoms with Gasteiger partial charge in [-0.3, -0.25) is 29.0 Å². The predicted molar refractivity (Wildman–Crippen MR) is 193 cm³/mol. The quantitative estimate of drug-likeness (QED) is 0.110. The Morgan fingerprint density at radius 3 is 2.26 bits per heavy atom. The minimum absolute atomic E-state index is 0. The number of ether oxygens (including phenoxy) is 2. The molecule has 0 radical (unpaired) electrons. The SMILES string of the molecule is CC1=C(C(=O)O)N2C(=O)[C@@H](NC(=O)[C@H](N)c3ccc(O)cc3)[C@H]2SC1.CO[C@@]1(NC(=O)Cc2cccs2)C(=O)N2C(C(=O)O)=C(COC(N)=O)CS[C@@H]21.O. The Morgan fingerprint density at radius 1 is 1.02 bits per heavy atom. The van der Waals surface area contributed by atoms with Crippen molar-refractivity contribution in [3.8, 4) is 5.75 Å². The molecule has 5 amide bonds. The van der Waals surface area contributed by atoms with Crippen molar-refractivity contribution in [1.29, 1.82) is 0 Å². The molecule has 5 heterocycles. The molecule has 1 aromatic heterocycles. The van der Waals surface area contributed by atoms with E-state index < -0.39 is 70.2 Å². The molecule has 2 fully saturated rings. The van der Waals surface area contributed by atoms with E-state index in [9.17, 15) is 48.9 Å². The number of β-lactam (4-membered cyclic amide) rings is 2. The van der Waals surface area contributed by atoms with Gasteiger partial charge < -0.3 is 52.4 Å². The van der Waals surface area contributed by atoms with E-state index in [1.165, 1.54) is 71.1 Å². The largest absolute Gasteiger partial charge is 0.508 e. The Morgan fingerprint density at radius 2 is 1.69 bits per heavy atom. The Balaban J connectivity index is 0.000000238. The van der Waals surface area contributed by atoms with Gasteiger partial charge in [-0.15, -0.1) is 34.9 Å². The normalized spacial score (nSPS) is 23.2. The van der Waals surface area contributed by atoms with Crippen LogP contribution in [-0.4, -0.2) is 120 Å². The highest BCUT2D eigenvalue weighted by atomic mass is 32.2. The third kappa shape index (κ3) is 8.02. The first-order valence-electron chi connectivity index (χ1n) is 15.5. The summed E-state index contributed by atoms with van der Waals surface area (Å²) in [6.07, 6.45) is -0.973. The van der Waals surface area contributed by atoms with Crippen LogP contribution in [0.2, 0.25) is 0 Å². The summed E-state index contributed by atoms with van der Waals surface area (Å²) in [5, 5.41) is 33.9. The summed E-state index contributed by atoms with van der Waals surface area (Å²) in [6.45, 7) is 1.33. The molecular weight excluding hydrogens is 773 g/mol. The number of methoxy groups -OCH3 is 1. The van der Waals surface area contributed by atoms with Gasteiger partial charge >= 0.3 is 18.0 Å². The minimum atomic E-state index is -1.66. The number of fused-ring (bicyclic) bond motifs is 2. The monoisotopic (exact) mass is 808 g/mol. The zero-order valence-electron chi connectivity index (χ0n) is 28.5. The number of nitrogens with two attached hydrogens (primary N) is 2. The van der Waals surface area contributed by atoms with E-state index in [0.717, 1.165) is 9.78 Å². The van der Waals surface area contributed by atoms with Crippen molar-refractivity contribution in [1.82, 2.24) is 20.4 Å². The number of hydrogen-bond acceptors (Lipinski definition) is 14. The predicted octanol–water partition coefficient (Wildman–Crippen LogP) is -0.576. The summed E-state index contributed by atoms with van der Waals surface area (Å²) in [6, 6.07) is 7.70. The molecule has 5 atom stereocenters. The number of thioether (sulfide) groups is 2. The first-order valence-corrected chi connectivity index (χ1v) is 18.5. The second-order valence-electron chi connectivity index (χ2n) is 11.8. The number of aliphatic carboxylic acids is 2. The number of primary amides is 1. The summed E-state index contributed by atoms with van der Waals surface area (Å²) in [4.78, 5) is 86.8. The highest BCUT2D eigenvalue weighted by Gasteiger charge is 2.66. The molecule has 0 saturated carbocycles. The molecule has 19 nitrogen and oxygen atoms in total. The van der Waals surface area contributed by atoms with Gasteiger partial charge in [0.15, 0.2) is 0 Å². The van der Waals surface area contributed by atoms with Crippen LogP contribution in [0, 0.1) is 0 Å². The molecule has 6 rings (SSSR count). The van der Waals surface area contributed by atoms with Crippen molar-refractivity contribution >= 4 is 76.5 Å². The fourth-order valence-corrected chi connectivity index (χ4v) is 9.30. The van der Waals surface area contributed by atoms with Gasteiger partial charge in [-0.25, -0.2) is 14.4 Å². The molecule has 0 spiro atoms. The van der Waals surface area contributed by atoms with Crippen molar-refractivity contribution in [2.45, 2.75) is 41.9 Å². The number of thiophene rings is 1. The fraction of sp³-hybridized carbons (Fsp3) is 0.344. The lowest BCUT2D eigenvalue weighted by Gasteiger charge is -2.55. The first-order chi connectivity index (χ1) is 25.1. The topological polar surface area (TPSA) is 313 Å². The lowest BCUT2D eigenvalue weighted by molar-refractivity contribution is -0.192. The van der Waals surface area contributed by atoms with Gasteiger partial charge in [0.2, 0.25) is 11.8 Å². The van der Waals surface area contributed by atoms with E-state index in [4.69, 9.17) is 16.2 Å². The third-order valence-corrected chi connectivity index (χ3v) is 12.1. The summed E-state index contributed by atoms with van der Waals surface area (Å²) >= 11 is 4.00. The van der Waals surface area contributed by atoms with Gasteiger partial charge in [0, 0.05) is 29.1 Å². The molecule has 290 valence electrons. The van der Waals surface area contributed by atoms with E-state index in [0.29, 0.717) is 16.9 Å². The standard InChI is InChI=1S/C16H17N3O7S2.C16H17N3O5S.H2O/c1-25-16(18-10(20)5-9-3-2-4-27-9)13(23)19-11(12(21)22)8(6-26-15(17)24)7-28-14(16)19;1-7-6-25-15-11(14(22)19(15)12(7)16(23)24)18-13(21)10(17)8-2-4-9(20)5-3-8;/h2-4,14H,5-7H2,1H3,(H2,17,24)(H,18,20)(H,21,22);2-5,10-11,15,20H,6,17H2,1H3,(H,18,21)(H,23,24);1H2/t14-,16+;10-,11-,15-;/m11./s1. The van der Waals surface area contributed by atoms with Crippen LogP contribution < -0.4 is 22.1 Å². The number of phenolic OH excluding ortho intramolecular Hbond substituents is 1. The number of nitrogens with one attached hydrogen (secondary N) is 2. The molecule has 54 heavy (non-hydrogen) atoms. The second kappa shape index (κ2) is 16.9. The highest BCUT2D eigenvalue weighted by Crippen LogP contribution is 2.46. The van der Waals surface area contributed by atoms with Crippen LogP contribution in [-0.2, 0) is 44.7 Å². The van der Waals surface area contributed by atoms with Gasteiger partial charge in [0.1, 0.15) is 46.6 Å². The van der Waals surface area contributed by atoms with E-state index in [2.05, 4.69) is 15.4 Å². The summed E-state index contributed by atoms with van der Waals surface area (Å²) < 4.78 is 10.0. The highest BCUT2D eigenvalue weighted by molar-refractivity contribution is 8.00. The van der Waals surface area contributed by atoms with Crippen molar-refractivity contribution in [2.75, 3.05) is 25.2 Å². The lowest BCUT2D eigenvalue weighted by Crippen LogP contribution is -2.80. The Labute approximate surface area is 319 Å². The zero-order valence-corrected chi connectivity index (χ0v) is 30.9. The number of benzene rings is 1. The molecule has 2 aromatic rings. The van der Waals surface area contributed by atoms with E-state index >= 15 is 0 Å². The molecule has 22 heteroatoms. The summed E-state index contributed by atoms with van der Waals surface area (Å²) in [5.41, 5.74) is 10.2. The average Bonchev–Trinajstić information content (AvgIpc) is 3.64. The Hall–Kier alpha value is -5.13. The van der Waals surface area contributed by atoms with Crippen LogP contribution in [0.25, 0.3) is 0 Å². The smallest absolute Gasteiger partial charge is 0.404 e. The Bertz CT molecular complexity index is 1900. The zero-order chi connectivity index (χ0) is 38.8. The lowest BCUT2D eigenvalue weighted by atomic mass is 9.98. The third-order valence-electron chi connectivity index (χ3n) is 8.46. The molecule has 1 aromatic carbocycles. The van der Waals surface area contributed by atoms with E-state index in [-0.39, 0.29) is 47.0 Å². The van der Waals surface area contributed by atoms with Crippen LogP contribution >= 0.6 is 34.9 Å². The van der Waals surface area contributed by atoms with Crippen LogP contribution in [0.1, 0.15) is 23.4 Å². The number of carbonyl (C=O) groups excluding carboxylic acids is 5. The molecule has 2 saturated heterocycles. The van der Waals surface area contributed by atoms with Crippen molar-refractivity contribution < 1.29 is 63.8 Å². The van der Waals surface area contributed by atoms with Gasteiger partial charge in [-0.1, -0.05) is 18.2 Å². The van der Waals surface area contributed by atoms with Crippen molar-refractivity contribution in [3.05, 3.63) is 74.8 Å². The molecule has 0 bridgehead atoms. The van der Waals surface area contributed by atoms with Gasteiger partial charge in [0.05, 0.1) is 6.42 Å². The van der Waals surface area contributed by atoms with Crippen LogP contribution in [0.4, 0.5) is 4.79 Å². The number of carboxylic acids is 2. The minimum Gasteiger partial charge on any atom is -0.508 e. The van der Waals surface area contributed by atoms with Crippen LogP contribution in [0.15, 0.2) is 64.3 Å². The second-order valence-corrected chi connectivity index (χ2v) is 15.1. The Kier molecular flexibility index (Phi) is 13.0. The number of hydrogen-bond donors (Lipinski definition) is 7. The number of carbonyl (C=O) groups is 7. The van der Waals surface area contributed by atoms with Crippen LogP contribution in [0.5, 0.6) is 5.75 Å². The molecule has 0 unspecified atom stereocenters. The number of nitrogens with zero attached hydrogens (tertiary/aromatic N) is 2. The van der Waals surface area contributed by atoms with Gasteiger partial charge in [-0.05, 0) is 41.6 Å². The fourth-order valence-electron chi connectivity index (χ4n) is 5.89. The molecule has 4 aliphatic heterocycles. The maximum absolute atomic E-state index is 12.8. The molecule has 0 aliphatic carbocycles. The van der Waals surface area contributed by atoms with E-state index in [1.54, 1.807) is 13.0 Å². The number of rotatable bonds is 11. The summed E-state index contributed by atoms with van der Waals surface area (Å²) in [5.74, 6) is -3.92. The van der Waals surface area contributed by atoms with E-state index in [1.807, 2.05) is 11.4 Å². The van der Waals surface area contributed by atoms with Crippen molar-refractivity contribution in [2.24, 2.45) is 11.5 Å². The number of amides is 5. The van der Waals surface area contributed by atoms with Crippen molar-refractivity contribution in [3.63, 3.8) is 0 Å². The van der Waals surface area contributed by atoms with Gasteiger partial charge in [0.25, 0.3) is 17.5 Å². The molecule has 4 aliphatic rings. The average molecular weight is 809 g/mol. The van der Waals surface area contributed by atoms with Gasteiger partial charge in [-0.2, -0.15) is 0 Å². The van der Waals surface area contributed by atoms with Crippen LogP contribution in [0.3, 0.4) is 0 Å². The summed E-state index contributed by atoms with van der Waals surface area (Å²) in [7, 11) is 1.27. The maximum atomic E-state index is 12.8.